The van der Waals surface area contributed by atoms with E-state index >= 15 is 0 Å². The topological polar surface area (TPSA) is 168 Å². The largest absolute Gasteiger partial charge is 0.456 e. The summed E-state index contributed by atoms with van der Waals surface area (Å²) in [5.74, 6) is -1.78. The van der Waals surface area contributed by atoms with E-state index in [9.17, 15) is 24.0 Å². The highest BCUT2D eigenvalue weighted by Crippen LogP contribution is 2.35. The van der Waals surface area contributed by atoms with E-state index in [0.29, 0.717) is 29.5 Å². The molecule has 2 aliphatic rings. The fraction of sp³-hybridized carbons (Fsp3) is 0.323. The van der Waals surface area contributed by atoms with Crippen molar-refractivity contribution in [3.63, 3.8) is 0 Å². The zero-order chi connectivity index (χ0) is 30.9. The minimum Gasteiger partial charge on any atom is -0.456 e. The molecule has 0 bridgehead atoms. The van der Waals surface area contributed by atoms with Crippen molar-refractivity contribution in [2.45, 2.75) is 64.8 Å². The van der Waals surface area contributed by atoms with Crippen molar-refractivity contribution < 1.29 is 28.7 Å². The van der Waals surface area contributed by atoms with Gasteiger partial charge in [-0.1, -0.05) is 30.3 Å². The number of esters is 1. The lowest BCUT2D eigenvalue weighted by Crippen LogP contribution is -2.29. The molecule has 1 aliphatic carbocycles. The van der Waals surface area contributed by atoms with Crippen LogP contribution < -0.4 is 21.3 Å². The molecule has 12 nitrogen and oxygen atoms in total. The number of amides is 5. The highest BCUT2D eigenvalue weighted by Gasteiger charge is 2.31. The number of hydrogen-bond donors (Lipinski definition) is 4. The smallest absolute Gasteiger partial charge is 0.338 e. The third-order valence-corrected chi connectivity index (χ3v) is 7.26. The lowest BCUT2D eigenvalue weighted by molar-refractivity contribution is -0.120. The third-order valence-electron chi connectivity index (χ3n) is 7.26. The standard InChI is InChI=1S/C31H32N6O6/c1-16-19-10-11-22(21(19)9-8-20(16)29(41)43-31(2,3)4)35-27(39)24-13-23(33-15-34-24)26(38)32-14-17-6-5-7-18(12-17)25-28(40)37-30(42)36-25/h5-9,12-13,15,22,25H,10-11,14H2,1-4H3,(H,32,38)(H,35,39)(H2,36,37,40,42)/t22-,25?/m0/s1. The van der Waals surface area contributed by atoms with Gasteiger partial charge < -0.3 is 20.7 Å². The van der Waals surface area contributed by atoms with Crippen LogP contribution in [0.2, 0.25) is 0 Å². The Bertz CT molecular complexity index is 1650. The van der Waals surface area contributed by atoms with Gasteiger partial charge in [0.25, 0.3) is 17.7 Å². The van der Waals surface area contributed by atoms with E-state index < -0.39 is 35.4 Å². The molecule has 2 atom stereocenters. The second-order valence-electron chi connectivity index (χ2n) is 11.5. The Balaban J connectivity index is 1.22. The Morgan fingerprint density at radius 2 is 1.77 bits per heavy atom. The van der Waals surface area contributed by atoms with Crippen LogP contribution in [0, 0.1) is 6.92 Å². The minimum atomic E-state index is -0.797. The van der Waals surface area contributed by atoms with Gasteiger partial charge in [0, 0.05) is 12.6 Å². The first-order valence-corrected chi connectivity index (χ1v) is 13.9. The number of benzene rings is 2. The molecule has 0 saturated carbocycles. The van der Waals surface area contributed by atoms with Gasteiger partial charge in [0.15, 0.2) is 0 Å². The van der Waals surface area contributed by atoms with Crippen molar-refractivity contribution in [1.29, 1.82) is 0 Å². The van der Waals surface area contributed by atoms with Gasteiger partial charge in [-0.25, -0.2) is 19.6 Å². The number of ether oxygens (including phenoxy) is 1. The molecule has 1 aromatic heterocycles. The summed E-state index contributed by atoms with van der Waals surface area (Å²) >= 11 is 0. The summed E-state index contributed by atoms with van der Waals surface area (Å²) in [6, 6.07) is 10.2. The fourth-order valence-corrected chi connectivity index (χ4v) is 5.23. The van der Waals surface area contributed by atoms with E-state index in [2.05, 4.69) is 31.2 Å². The molecule has 5 amide bonds. The van der Waals surface area contributed by atoms with Gasteiger partial charge in [-0.3, -0.25) is 19.7 Å². The number of nitrogens with one attached hydrogen (secondary N) is 4. The molecule has 0 radical (unpaired) electrons. The molecule has 2 aromatic carbocycles. The summed E-state index contributed by atoms with van der Waals surface area (Å²) in [7, 11) is 0. The average molecular weight is 585 g/mol. The maximum Gasteiger partial charge on any atom is 0.338 e. The van der Waals surface area contributed by atoms with Crippen LogP contribution in [0.15, 0.2) is 48.8 Å². The first-order valence-electron chi connectivity index (χ1n) is 13.9. The summed E-state index contributed by atoms with van der Waals surface area (Å²) in [6.45, 7) is 7.48. The molecular weight excluding hydrogens is 552 g/mol. The van der Waals surface area contributed by atoms with Gasteiger partial charge in [-0.05, 0) is 74.4 Å². The molecule has 1 unspecified atom stereocenters. The van der Waals surface area contributed by atoms with Crippen LogP contribution in [0.25, 0.3) is 0 Å². The Morgan fingerprint density at radius 3 is 2.47 bits per heavy atom. The van der Waals surface area contributed by atoms with E-state index in [0.717, 1.165) is 23.0 Å². The van der Waals surface area contributed by atoms with Crippen LogP contribution in [-0.2, 0) is 22.5 Å². The van der Waals surface area contributed by atoms with Gasteiger partial charge >= 0.3 is 12.0 Å². The molecule has 1 fully saturated rings. The molecule has 5 rings (SSSR count). The third kappa shape index (κ3) is 6.53. The van der Waals surface area contributed by atoms with Gasteiger partial charge in [0.05, 0.1) is 11.6 Å². The van der Waals surface area contributed by atoms with Crippen LogP contribution in [0.4, 0.5) is 4.79 Å². The molecule has 1 aliphatic heterocycles. The number of urea groups is 1. The molecule has 1 saturated heterocycles. The number of aromatic nitrogens is 2. The lowest BCUT2D eigenvalue weighted by atomic mass is 9.97. The zero-order valence-electron chi connectivity index (χ0n) is 24.2. The second kappa shape index (κ2) is 11.6. The summed E-state index contributed by atoms with van der Waals surface area (Å²) < 4.78 is 5.54. The molecule has 4 N–H and O–H groups in total. The molecular formula is C31H32N6O6. The Labute approximate surface area is 248 Å². The van der Waals surface area contributed by atoms with Gasteiger partial charge in [0.1, 0.15) is 29.4 Å². The van der Waals surface area contributed by atoms with Crippen LogP contribution in [0.5, 0.6) is 0 Å². The van der Waals surface area contributed by atoms with Crippen LogP contribution in [0.3, 0.4) is 0 Å². The number of rotatable bonds is 7. The van der Waals surface area contributed by atoms with Crippen molar-refractivity contribution in [1.82, 2.24) is 31.2 Å². The number of hydrogen-bond acceptors (Lipinski definition) is 8. The van der Waals surface area contributed by atoms with Crippen molar-refractivity contribution in [3.8, 4) is 0 Å². The normalized spacial score (nSPS) is 17.5. The van der Waals surface area contributed by atoms with Crippen molar-refractivity contribution in [3.05, 3.63) is 93.6 Å². The Morgan fingerprint density at radius 1 is 1.02 bits per heavy atom. The SMILES string of the molecule is Cc1c(C(=O)OC(C)(C)C)ccc2c1CC[C@@H]2NC(=O)c1cc(C(=O)NCc2cccc(C3NC(=O)NC3=O)c2)ncn1. The first kappa shape index (κ1) is 29.4. The number of carbonyl (C=O) groups excluding carboxylic acids is 5. The predicted octanol–water partition coefficient (Wildman–Crippen LogP) is 2.97. The fourth-order valence-electron chi connectivity index (χ4n) is 5.23. The zero-order valence-corrected chi connectivity index (χ0v) is 24.2. The quantitative estimate of drug-likeness (QED) is 0.243. The maximum atomic E-state index is 13.1. The summed E-state index contributed by atoms with van der Waals surface area (Å²) in [5.41, 5.74) is 4.04. The van der Waals surface area contributed by atoms with E-state index in [4.69, 9.17) is 4.74 Å². The number of nitrogens with zero attached hydrogens (tertiary/aromatic N) is 2. The van der Waals surface area contributed by atoms with Crippen LogP contribution in [0.1, 0.15) is 98.4 Å². The molecule has 3 aromatic rings. The molecule has 0 spiro atoms. The number of carbonyl (C=O) groups is 5. The molecule has 43 heavy (non-hydrogen) atoms. The van der Waals surface area contributed by atoms with Crippen molar-refractivity contribution in [2.24, 2.45) is 0 Å². The van der Waals surface area contributed by atoms with Gasteiger partial charge in [-0.15, -0.1) is 0 Å². The molecule has 2 heterocycles. The Hall–Kier alpha value is -5.13. The summed E-state index contributed by atoms with van der Waals surface area (Å²) in [5, 5.41) is 10.5. The predicted molar refractivity (Wildman–Crippen MR) is 154 cm³/mol. The molecule has 12 heteroatoms. The maximum absolute atomic E-state index is 13.1. The van der Waals surface area contributed by atoms with Crippen molar-refractivity contribution >= 4 is 29.7 Å². The molecule has 222 valence electrons. The van der Waals surface area contributed by atoms with E-state index in [1.165, 1.54) is 6.07 Å². The van der Waals surface area contributed by atoms with Crippen LogP contribution >= 0.6 is 0 Å². The highest BCUT2D eigenvalue weighted by atomic mass is 16.6. The first-order chi connectivity index (χ1) is 20.4. The van der Waals surface area contributed by atoms with Crippen LogP contribution in [-0.4, -0.2) is 45.3 Å². The average Bonchev–Trinajstić information content (AvgIpc) is 3.53. The lowest BCUT2D eigenvalue weighted by Gasteiger charge is -2.21. The van der Waals surface area contributed by atoms with Gasteiger partial charge in [-0.2, -0.15) is 0 Å². The second-order valence-corrected chi connectivity index (χ2v) is 11.5. The highest BCUT2D eigenvalue weighted by molar-refractivity contribution is 6.04. The van der Waals surface area contributed by atoms with E-state index in [-0.39, 0.29) is 29.9 Å². The summed E-state index contributed by atoms with van der Waals surface area (Å²) in [4.78, 5) is 70.1. The Kier molecular flexibility index (Phi) is 7.94. The number of imide groups is 1. The van der Waals surface area contributed by atoms with Crippen molar-refractivity contribution in [2.75, 3.05) is 0 Å². The monoisotopic (exact) mass is 584 g/mol. The van der Waals surface area contributed by atoms with E-state index in [1.54, 1.807) is 30.3 Å². The van der Waals surface area contributed by atoms with Gasteiger partial charge in [0.2, 0.25) is 0 Å². The van der Waals surface area contributed by atoms with E-state index in [1.807, 2.05) is 33.8 Å². The minimum absolute atomic E-state index is 0.0170. The number of fused-ring (bicyclic) bond motifs is 1. The summed E-state index contributed by atoms with van der Waals surface area (Å²) in [6.07, 6.45) is 2.51.